The molecule has 0 radical (unpaired) electrons. The Morgan fingerprint density at radius 3 is 2.67 bits per heavy atom. The van der Waals surface area contributed by atoms with Crippen LogP contribution in [0.25, 0.3) is 0 Å². The number of thiophene rings is 1. The summed E-state index contributed by atoms with van der Waals surface area (Å²) in [7, 11) is 0. The molecule has 5 aliphatic carbocycles. The van der Waals surface area contributed by atoms with Gasteiger partial charge in [-0.1, -0.05) is 0 Å². The van der Waals surface area contributed by atoms with E-state index in [0.717, 1.165) is 56.4 Å². The van der Waals surface area contributed by atoms with Gasteiger partial charge in [0, 0.05) is 9.75 Å². The Labute approximate surface area is 151 Å². The van der Waals surface area contributed by atoms with Crippen LogP contribution in [0.2, 0.25) is 0 Å². The number of alkyl halides is 1. The number of halogens is 1. The number of hydrogen-bond acceptors (Lipinski definition) is 3. The Kier molecular flexibility index (Phi) is 3.16. The number of nitrogens with one attached hydrogen (secondary N) is 1. The van der Waals surface area contributed by atoms with E-state index < -0.39 is 0 Å². The fourth-order valence-electron chi connectivity index (χ4n) is 6.26. The third-order valence-corrected chi connectivity index (χ3v) is 8.38. The van der Waals surface area contributed by atoms with Gasteiger partial charge in [0.25, 0.3) is 0 Å². The third-order valence-electron chi connectivity index (χ3n) is 6.73. The van der Waals surface area contributed by atoms with Gasteiger partial charge in [-0.15, -0.1) is 22.9 Å². The van der Waals surface area contributed by atoms with E-state index in [9.17, 15) is 10.1 Å². The highest BCUT2D eigenvalue weighted by Crippen LogP contribution is 2.64. The maximum Gasteiger partial charge on any atom is 0.231 e. The second-order valence-corrected chi connectivity index (χ2v) is 10.4. The molecule has 6 rings (SSSR count). The summed E-state index contributed by atoms with van der Waals surface area (Å²) < 4.78 is 0. The van der Waals surface area contributed by atoms with Gasteiger partial charge in [-0.25, -0.2) is 0 Å². The first kappa shape index (κ1) is 15.2. The molecule has 1 aromatic rings. The molecule has 126 valence electrons. The standard InChI is InChI=1S/C19H21ClN2OS/c20-19-7-11-4-12(8-19)6-18(5-11,10-19)17(23)22-16-14(9-21)13-2-1-3-15(13)24-16/h11-12H,1-8,10H2,(H,22,23). The van der Waals surface area contributed by atoms with E-state index in [0.29, 0.717) is 17.4 Å². The smallest absolute Gasteiger partial charge is 0.231 e. The van der Waals surface area contributed by atoms with Crippen molar-refractivity contribution in [2.45, 2.75) is 62.7 Å². The zero-order valence-electron chi connectivity index (χ0n) is 13.7. The summed E-state index contributed by atoms with van der Waals surface area (Å²) >= 11 is 8.47. The Balaban J connectivity index is 1.45. The number of hydrogen-bond donors (Lipinski definition) is 1. The normalized spacial score (nSPS) is 38.8. The molecule has 0 aliphatic heterocycles. The van der Waals surface area contributed by atoms with Crippen molar-refractivity contribution >= 4 is 33.8 Å². The van der Waals surface area contributed by atoms with Crippen molar-refractivity contribution in [2.75, 3.05) is 5.32 Å². The Hall–Kier alpha value is -1.05. The van der Waals surface area contributed by atoms with Gasteiger partial charge in [0.1, 0.15) is 11.1 Å². The minimum Gasteiger partial charge on any atom is -0.316 e. The lowest BCUT2D eigenvalue weighted by Crippen LogP contribution is -2.57. The molecule has 1 N–H and O–H groups in total. The highest BCUT2D eigenvalue weighted by Gasteiger charge is 2.60. The van der Waals surface area contributed by atoms with Crippen molar-refractivity contribution < 1.29 is 4.79 Å². The fourth-order valence-corrected chi connectivity index (χ4v) is 8.19. The SMILES string of the molecule is N#Cc1c(NC(=O)C23CC4CC(CC(Cl)(C4)C2)C3)sc2c1CCC2. The van der Waals surface area contributed by atoms with E-state index in [1.54, 1.807) is 11.3 Å². The molecule has 1 aromatic heterocycles. The monoisotopic (exact) mass is 360 g/mol. The zero-order valence-corrected chi connectivity index (χ0v) is 15.2. The average Bonchev–Trinajstić information content (AvgIpc) is 3.04. The lowest BCUT2D eigenvalue weighted by atomic mass is 9.49. The van der Waals surface area contributed by atoms with E-state index in [-0.39, 0.29) is 16.2 Å². The highest BCUT2D eigenvalue weighted by molar-refractivity contribution is 7.16. The molecule has 2 unspecified atom stereocenters. The molecule has 4 bridgehead atoms. The second kappa shape index (κ2) is 4.99. The molecule has 4 saturated carbocycles. The van der Waals surface area contributed by atoms with Gasteiger partial charge < -0.3 is 5.32 Å². The topological polar surface area (TPSA) is 52.9 Å². The molecular formula is C19H21ClN2OS. The van der Waals surface area contributed by atoms with Crippen LogP contribution in [0.3, 0.4) is 0 Å². The number of amides is 1. The number of carbonyl (C=O) groups excluding carboxylic acids is 1. The maximum atomic E-state index is 13.2. The van der Waals surface area contributed by atoms with Crippen molar-refractivity contribution in [3.05, 3.63) is 16.0 Å². The molecule has 1 amide bonds. The molecule has 5 aliphatic rings. The van der Waals surface area contributed by atoms with E-state index in [4.69, 9.17) is 11.6 Å². The van der Waals surface area contributed by atoms with E-state index in [2.05, 4.69) is 11.4 Å². The minimum atomic E-state index is -0.299. The van der Waals surface area contributed by atoms with Gasteiger partial charge in [-0.3, -0.25) is 4.79 Å². The van der Waals surface area contributed by atoms with Crippen molar-refractivity contribution in [3.63, 3.8) is 0 Å². The van der Waals surface area contributed by atoms with Crippen LogP contribution in [0.4, 0.5) is 5.00 Å². The zero-order chi connectivity index (χ0) is 16.5. The molecule has 5 heteroatoms. The van der Waals surface area contributed by atoms with Crippen LogP contribution in [0.1, 0.15) is 60.9 Å². The molecule has 0 spiro atoms. The van der Waals surface area contributed by atoms with Gasteiger partial charge in [0.2, 0.25) is 5.91 Å². The largest absolute Gasteiger partial charge is 0.316 e. The van der Waals surface area contributed by atoms with Crippen LogP contribution in [-0.4, -0.2) is 10.8 Å². The summed E-state index contributed by atoms with van der Waals surface area (Å²) in [5, 5.41) is 13.5. The molecule has 0 saturated heterocycles. The predicted octanol–water partition coefficient (Wildman–Crippen LogP) is 4.62. The van der Waals surface area contributed by atoms with Crippen molar-refractivity contribution in [1.82, 2.24) is 0 Å². The van der Waals surface area contributed by atoms with Crippen LogP contribution in [-0.2, 0) is 17.6 Å². The van der Waals surface area contributed by atoms with Gasteiger partial charge in [0.05, 0.1) is 11.0 Å². The molecule has 24 heavy (non-hydrogen) atoms. The summed E-state index contributed by atoms with van der Waals surface area (Å²) in [5.74, 6) is 1.34. The van der Waals surface area contributed by atoms with Gasteiger partial charge in [-0.05, 0) is 75.2 Å². The van der Waals surface area contributed by atoms with Gasteiger partial charge in [0.15, 0.2) is 0 Å². The van der Waals surface area contributed by atoms with Crippen LogP contribution in [0.15, 0.2) is 0 Å². The molecule has 4 fully saturated rings. The van der Waals surface area contributed by atoms with Crippen molar-refractivity contribution in [1.29, 1.82) is 5.26 Å². The lowest BCUT2D eigenvalue weighted by molar-refractivity contribution is -0.138. The van der Waals surface area contributed by atoms with E-state index >= 15 is 0 Å². The van der Waals surface area contributed by atoms with Crippen molar-refractivity contribution in [3.8, 4) is 6.07 Å². The highest BCUT2D eigenvalue weighted by atomic mass is 35.5. The summed E-state index contributed by atoms with van der Waals surface area (Å²) in [6.45, 7) is 0. The summed E-state index contributed by atoms with van der Waals surface area (Å²) in [4.78, 5) is 14.4. The average molecular weight is 361 g/mol. The molecule has 2 atom stereocenters. The van der Waals surface area contributed by atoms with Crippen LogP contribution in [0.5, 0.6) is 0 Å². The number of nitriles is 1. The number of aryl methyl sites for hydroxylation is 1. The van der Waals surface area contributed by atoms with Crippen LogP contribution >= 0.6 is 22.9 Å². The number of rotatable bonds is 2. The molecule has 1 heterocycles. The predicted molar refractivity (Wildman–Crippen MR) is 95.4 cm³/mol. The van der Waals surface area contributed by atoms with Crippen molar-refractivity contribution in [2.24, 2.45) is 17.3 Å². The van der Waals surface area contributed by atoms with Gasteiger partial charge >= 0.3 is 0 Å². The van der Waals surface area contributed by atoms with Crippen LogP contribution in [0, 0.1) is 28.6 Å². The minimum absolute atomic E-state index is 0.123. The Bertz CT molecular complexity index is 763. The molecule has 3 nitrogen and oxygen atoms in total. The lowest BCUT2D eigenvalue weighted by Gasteiger charge is -2.59. The Morgan fingerprint density at radius 1 is 1.25 bits per heavy atom. The number of nitrogens with zero attached hydrogens (tertiary/aromatic N) is 1. The quantitative estimate of drug-likeness (QED) is 0.782. The number of carbonyl (C=O) groups is 1. The first-order valence-corrected chi connectivity index (χ1v) is 10.2. The van der Waals surface area contributed by atoms with Crippen LogP contribution < -0.4 is 5.32 Å². The van der Waals surface area contributed by atoms with E-state index in [1.807, 2.05) is 0 Å². The second-order valence-electron chi connectivity index (χ2n) is 8.52. The fraction of sp³-hybridized carbons (Fsp3) is 0.684. The summed E-state index contributed by atoms with van der Waals surface area (Å²) in [6, 6.07) is 2.33. The first-order chi connectivity index (χ1) is 11.5. The third kappa shape index (κ3) is 2.10. The number of fused-ring (bicyclic) bond motifs is 1. The maximum absolute atomic E-state index is 13.2. The van der Waals surface area contributed by atoms with Gasteiger partial charge in [-0.2, -0.15) is 5.26 Å². The summed E-state index contributed by atoms with van der Waals surface area (Å²) in [6.07, 6.45) is 9.34. The first-order valence-electron chi connectivity index (χ1n) is 9.05. The Morgan fingerprint density at radius 2 is 2.00 bits per heavy atom. The molecular weight excluding hydrogens is 340 g/mol. The van der Waals surface area contributed by atoms with E-state index in [1.165, 1.54) is 16.9 Å². The molecule has 0 aromatic carbocycles. The number of anilines is 1. The summed E-state index contributed by atoms with van der Waals surface area (Å²) in [5.41, 5.74) is 1.59.